The van der Waals surface area contributed by atoms with Crippen LogP contribution < -0.4 is 9.64 Å². The van der Waals surface area contributed by atoms with Gasteiger partial charge in [0.05, 0.1) is 26.1 Å². The van der Waals surface area contributed by atoms with Crippen LogP contribution in [0.1, 0.15) is 24.3 Å². The molecule has 6 atom stereocenters. The number of hydrogen-bond donors (Lipinski definition) is 1. The van der Waals surface area contributed by atoms with Crippen molar-refractivity contribution in [3.05, 3.63) is 64.5 Å². The van der Waals surface area contributed by atoms with Crippen molar-refractivity contribution in [3.8, 4) is 11.5 Å². The molecule has 1 saturated carbocycles. The van der Waals surface area contributed by atoms with Crippen LogP contribution in [0.4, 0.5) is 32.4 Å². The zero-order chi connectivity index (χ0) is 33.8. The lowest BCUT2D eigenvalue weighted by atomic mass is 9.56. The van der Waals surface area contributed by atoms with Crippen molar-refractivity contribution in [3.63, 3.8) is 0 Å². The first-order valence-electron chi connectivity index (χ1n) is 13.4. The molecule has 4 aliphatic rings. The van der Waals surface area contributed by atoms with Crippen molar-refractivity contribution in [2.45, 2.75) is 28.5 Å². The van der Waals surface area contributed by atoms with E-state index in [1.54, 1.807) is 0 Å². The summed E-state index contributed by atoms with van der Waals surface area (Å²) in [6.45, 7) is 0. The Morgan fingerprint density at radius 2 is 1.52 bits per heavy atom. The van der Waals surface area contributed by atoms with E-state index < -0.39 is 110 Å². The number of carbonyl (C=O) groups is 5. The molecule has 10 nitrogen and oxygen atoms in total. The second kappa shape index (κ2) is 10.4. The van der Waals surface area contributed by atoms with Gasteiger partial charge in [0.25, 0.3) is 11.8 Å². The van der Waals surface area contributed by atoms with E-state index in [1.807, 2.05) is 0 Å². The van der Waals surface area contributed by atoms with Gasteiger partial charge in [0.15, 0.2) is 44.5 Å². The minimum Gasteiger partial charge on any atom is -0.504 e. The molecule has 2 heterocycles. The van der Waals surface area contributed by atoms with Crippen molar-refractivity contribution >= 4 is 58.6 Å². The van der Waals surface area contributed by atoms with Crippen molar-refractivity contribution in [2.75, 3.05) is 19.1 Å². The van der Waals surface area contributed by atoms with Gasteiger partial charge in [-0.2, -0.15) is 4.90 Å². The summed E-state index contributed by atoms with van der Waals surface area (Å²) in [5.41, 5.74) is -1.82. The van der Waals surface area contributed by atoms with Crippen LogP contribution in [0.3, 0.4) is 0 Å². The molecule has 2 aliphatic carbocycles. The highest BCUT2D eigenvalue weighted by molar-refractivity contribution is 6.58. The number of anilines is 1. The Hall–Kier alpha value is -4.24. The Morgan fingerprint density at radius 1 is 0.913 bits per heavy atom. The van der Waals surface area contributed by atoms with Gasteiger partial charge in [-0.3, -0.25) is 19.2 Å². The fourth-order valence-electron chi connectivity index (χ4n) is 7.10. The van der Waals surface area contributed by atoms with E-state index in [-0.39, 0.29) is 33.1 Å². The van der Waals surface area contributed by atoms with Crippen molar-refractivity contribution in [1.29, 1.82) is 0 Å². The van der Waals surface area contributed by atoms with Gasteiger partial charge < -0.3 is 14.6 Å². The molecule has 3 fully saturated rings. The average molecular weight is 689 g/mol. The first kappa shape index (κ1) is 31.7. The van der Waals surface area contributed by atoms with Gasteiger partial charge in [-0.1, -0.05) is 17.7 Å². The number of ether oxygens (including phenoxy) is 2. The minimum absolute atomic E-state index is 0.0327. The first-order valence-corrected chi connectivity index (χ1v) is 14.1. The van der Waals surface area contributed by atoms with Crippen LogP contribution >= 0.6 is 23.2 Å². The number of phenols is 1. The number of hydrogen-bond acceptors (Lipinski definition) is 8. The van der Waals surface area contributed by atoms with Gasteiger partial charge in [-0.25, -0.2) is 31.6 Å². The minimum atomic E-state index is -2.77. The summed E-state index contributed by atoms with van der Waals surface area (Å²) < 4.78 is 82.2. The first-order chi connectivity index (χ1) is 21.6. The molecule has 2 aliphatic heterocycles. The van der Waals surface area contributed by atoms with Crippen molar-refractivity contribution in [2.24, 2.45) is 17.8 Å². The van der Waals surface area contributed by atoms with E-state index in [0.29, 0.717) is 0 Å². The lowest BCUT2D eigenvalue weighted by Gasteiger charge is -2.50. The highest BCUT2D eigenvalue weighted by atomic mass is 35.5. The molecular weight excluding hydrogens is 670 g/mol. The summed E-state index contributed by atoms with van der Waals surface area (Å²) >= 11 is 14.0. The van der Waals surface area contributed by atoms with Gasteiger partial charge in [0.2, 0.25) is 17.6 Å². The molecule has 2 saturated heterocycles. The normalized spacial score (nSPS) is 30.2. The third-order valence-electron chi connectivity index (χ3n) is 9.11. The molecule has 17 heteroatoms. The van der Waals surface area contributed by atoms with Crippen LogP contribution in [0.25, 0.3) is 0 Å². The average Bonchev–Trinajstić information content (AvgIpc) is 3.37. The summed E-state index contributed by atoms with van der Waals surface area (Å²) in [5, 5.41) is 10.6. The van der Waals surface area contributed by atoms with E-state index in [9.17, 15) is 42.3 Å². The van der Waals surface area contributed by atoms with Crippen LogP contribution in [-0.2, 0) is 23.9 Å². The molecule has 46 heavy (non-hydrogen) atoms. The second-order valence-corrected chi connectivity index (χ2v) is 12.3. The van der Waals surface area contributed by atoms with Gasteiger partial charge in [0, 0.05) is 5.92 Å². The molecule has 6 rings (SSSR count). The number of likely N-dealkylation sites (tertiary alicyclic amines) is 1. The van der Waals surface area contributed by atoms with E-state index in [4.69, 9.17) is 27.9 Å². The standard InChI is InChI=1S/C29H19Cl2F5N2O8/c1-45-14-6-3-9(7-13(14)39)16-10-4-5-11-15(24(41)38(23(11)40)27(44)46-2)12(10)8-28(30)25(42)37(26(43)29(16,28)31)22-20(35)18(33)17(32)19(34)21(22)36/h3-4,6-7,11-12,15-16,39H,5,8H2,1-2H3. The number of fused-ring (bicyclic) bond motifs is 4. The zero-order valence-electron chi connectivity index (χ0n) is 23.4. The maximum atomic E-state index is 15.1. The fraction of sp³-hybridized carbons (Fsp3) is 0.345. The smallest absolute Gasteiger partial charge is 0.423 e. The number of imide groups is 4. The molecule has 242 valence electrons. The summed E-state index contributed by atoms with van der Waals surface area (Å²) in [6.07, 6.45) is -0.786. The lowest BCUT2D eigenvalue weighted by Crippen LogP contribution is -2.60. The summed E-state index contributed by atoms with van der Waals surface area (Å²) in [6, 6.07) is 3.64. The third-order valence-corrected chi connectivity index (χ3v) is 10.5. The van der Waals surface area contributed by atoms with Gasteiger partial charge in [-0.05, 0) is 36.5 Å². The molecule has 2 aromatic rings. The number of rotatable bonds is 3. The molecule has 2 aromatic carbocycles. The Morgan fingerprint density at radius 3 is 2.09 bits per heavy atom. The number of amides is 5. The van der Waals surface area contributed by atoms with Gasteiger partial charge in [-0.15, -0.1) is 23.2 Å². The predicted octanol–water partition coefficient (Wildman–Crippen LogP) is 4.43. The summed E-state index contributed by atoms with van der Waals surface area (Å²) in [5.74, 6) is -23.7. The molecule has 0 bridgehead atoms. The van der Waals surface area contributed by atoms with Crippen LogP contribution in [0.2, 0.25) is 0 Å². The molecule has 0 spiro atoms. The van der Waals surface area contributed by atoms with Crippen LogP contribution in [0.15, 0.2) is 29.8 Å². The Kier molecular flexibility index (Phi) is 7.17. The molecule has 6 unspecified atom stereocenters. The Bertz CT molecular complexity index is 1810. The Balaban J connectivity index is 1.60. The number of methoxy groups -OCH3 is 2. The number of halogens is 7. The maximum absolute atomic E-state index is 15.1. The molecule has 5 amide bonds. The van der Waals surface area contributed by atoms with Crippen LogP contribution in [0, 0.1) is 46.8 Å². The van der Waals surface area contributed by atoms with Crippen LogP contribution in [0.5, 0.6) is 11.5 Å². The van der Waals surface area contributed by atoms with E-state index in [1.165, 1.54) is 25.3 Å². The number of aromatic hydroxyl groups is 1. The van der Waals surface area contributed by atoms with E-state index in [2.05, 4.69) is 4.74 Å². The summed E-state index contributed by atoms with van der Waals surface area (Å²) in [4.78, 5) is 61.7. The maximum Gasteiger partial charge on any atom is 0.423 e. The lowest BCUT2D eigenvalue weighted by molar-refractivity contribution is -0.138. The largest absolute Gasteiger partial charge is 0.504 e. The molecule has 0 radical (unpaired) electrons. The topological polar surface area (TPSA) is 131 Å². The van der Waals surface area contributed by atoms with E-state index in [0.717, 1.165) is 13.2 Å². The van der Waals surface area contributed by atoms with Gasteiger partial charge in [0.1, 0.15) is 5.69 Å². The fourth-order valence-corrected chi connectivity index (χ4v) is 8.03. The van der Waals surface area contributed by atoms with Crippen molar-refractivity contribution < 1.29 is 60.5 Å². The summed E-state index contributed by atoms with van der Waals surface area (Å²) in [7, 11) is 2.17. The number of carbonyl (C=O) groups excluding carboxylic acids is 5. The highest BCUT2D eigenvalue weighted by Crippen LogP contribution is 2.66. The predicted molar refractivity (Wildman–Crippen MR) is 145 cm³/mol. The molecule has 0 aromatic heterocycles. The third kappa shape index (κ3) is 3.78. The Labute approximate surface area is 265 Å². The van der Waals surface area contributed by atoms with Gasteiger partial charge >= 0.3 is 6.09 Å². The molecular formula is C29H19Cl2F5N2O8. The van der Waals surface area contributed by atoms with Crippen LogP contribution in [-0.4, -0.2) is 63.7 Å². The quantitative estimate of drug-likeness (QED) is 0.125. The monoisotopic (exact) mass is 688 g/mol. The highest BCUT2D eigenvalue weighted by Gasteiger charge is 2.77. The number of nitrogens with zero attached hydrogens (tertiary/aromatic N) is 2. The number of alkyl halides is 2. The zero-order valence-corrected chi connectivity index (χ0v) is 24.9. The molecule has 1 N–H and O–H groups in total. The second-order valence-electron chi connectivity index (χ2n) is 11.1. The number of benzene rings is 2. The number of allylic oxidation sites excluding steroid dienone is 2. The SMILES string of the molecule is COC(=O)N1C(=O)C2CC=C3C(CC4(Cl)C(=O)N(c5c(F)c(F)c(F)c(F)c5F)C(=O)C4(Cl)C3c3ccc(OC)c(O)c3)C2C1=O. The van der Waals surface area contributed by atoms with E-state index >= 15 is 8.78 Å². The number of phenolic OH excluding ortho intramolecular Hbond substituents is 1. The van der Waals surface area contributed by atoms with Crippen molar-refractivity contribution in [1.82, 2.24) is 4.90 Å².